The van der Waals surface area contributed by atoms with Gasteiger partial charge in [-0.1, -0.05) is 17.7 Å². The van der Waals surface area contributed by atoms with Gasteiger partial charge in [0.1, 0.15) is 12.2 Å². The maximum atomic E-state index is 13.9. The minimum Gasteiger partial charge on any atom is -0.382 e. The summed E-state index contributed by atoms with van der Waals surface area (Å²) in [5, 5.41) is 26.9. The Morgan fingerprint density at radius 2 is 1.79 bits per heavy atom. The molecule has 0 radical (unpaired) electrons. The Bertz CT molecular complexity index is 1520. The monoisotopic (exact) mass is 631 g/mol. The van der Waals surface area contributed by atoms with Crippen molar-refractivity contribution in [2.45, 2.75) is 50.3 Å². The fourth-order valence-corrected chi connectivity index (χ4v) is 4.03. The van der Waals surface area contributed by atoms with Crippen LogP contribution >= 0.6 is 11.6 Å². The first-order valence-electron chi connectivity index (χ1n) is 12.6. The van der Waals surface area contributed by atoms with Crippen LogP contribution in [0, 0.1) is 5.41 Å². The van der Waals surface area contributed by atoms with Crippen LogP contribution in [0.3, 0.4) is 0 Å². The van der Waals surface area contributed by atoms with Gasteiger partial charge in [0.25, 0.3) is 5.91 Å². The average molecular weight is 632 g/mol. The van der Waals surface area contributed by atoms with Crippen molar-refractivity contribution >= 4 is 29.4 Å². The molecular weight excluding hydrogens is 608 g/mol. The number of aliphatic hydroxyl groups is 1. The van der Waals surface area contributed by atoms with Crippen LogP contribution in [0.5, 0.6) is 0 Å². The lowest BCUT2D eigenvalue weighted by Gasteiger charge is -2.27. The lowest BCUT2D eigenvalue weighted by Crippen LogP contribution is -2.50. The number of carbonyl (C=O) groups excluding carboxylic acids is 2. The highest BCUT2D eigenvalue weighted by Gasteiger charge is 2.42. The van der Waals surface area contributed by atoms with Gasteiger partial charge in [-0.15, -0.1) is 5.10 Å². The van der Waals surface area contributed by atoms with Crippen molar-refractivity contribution in [1.29, 1.82) is 5.41 Å². The van der Waals surface area contributed by atoms with Crippen LogP contribution in [0.15, 0.2) is 48.8 Å². The molecule has 1 heterocycles. The smallest absolute Gasteiger partial charge is 0.382 e. The summed E-state index contributed by atoms with van der Waals surface area (Å²) in [5.41, 5.74) is -2.64. The van der Waals surface area contributed by atoms with E-state index in [1.54, 1.807) is 6.92 Å². The number of urea groups is 1. The summed E-state index contributed by atoms with van der Waals surface area (Å²) in [6, 6.07) is 7.03. The highest BCUT2D eigenvalue weighted by Crippen LogP contribution is 2.37. The summed E-state index contributed by atoms with van der Waals surface area (Å²) in [6.07, 6.45) is -10.8. The average Bonchev–Trinajstić information content (AvgIpc) is 3.46. The van der Waals surface area contributed by atoms with E-state index in [0.29, 0.717) is 17.7 Å². The third kappa shape index (κ3) is 7.62. The summed E-state index contributed by atoms with van der Waals surface area (Å²) in [5.74, 6) is -1.72. The summed E-state index contributed by atoms with van der Waals surface area (Å²) in [4.78, 5) is 30.0. The third-order valence-corrected chi connectivity index (χ3v) is 6.79. The van der Waals surface area contributed by atoms with Crippen LogP contribution in [-0.4, -0.2) is 66.9 Å². The number of carbonyl (C=O) groups is 2. The number of nitrogens with one attached hydrogen (secondary N) is 3. The van der Waals surface area contributed by atoms with Crippen LogP contribution < -0.4 is 10.6 Å². The molecule has 2 aromatic carbocycles. The van der Waals surface area contributed by atoms with Gasteiger partial charge in [0, 0.05) is 16.1 Å². The molecule has 1 aliphatic rings. The van der Waals surface area contributed by atoms with Gasteiger partial charge in [-0.2, -0.15) is 26.3 Å². The molecule has 1 atom stereocenters. The first-order chi connectivity index (χ1) is 20.0. The van der Waals surface area contributed by atoms with Crippen molar-refractivity contribution in [3.05, 3.63) is 76.3 Å². The van der Waals surface area contributed by atoms with Gasteiger partial charge in [0.2, 0.25) is 0 Å². The lowest BCUT2D eigenvalue weighted by atomic mass is 10.1. The van der Waals surface area contributed by atoms with E-state index < -0.39 is 66.1 Å². The molecule has 43 heavy (non-hydrogen) atoms. The van der Waals surface area contributed by atoms with Crippen molar-refractivity contribution in [1.82, 2.24) is 30.3 Å². The van der Waals surface area contributed by atoms with E-state index in [-0.39, 0.29) is 22.0 Å². The predicted octanol–water partition coefficient (Wildman–Crippen LogP) is 4.68. The van der Waals surface area contributed by atoms with Crippen LogP contribution in [0.4, 0.5) is 31.1 Å². The second kappa shape index (κ2) is 11.8. The number of nitrogens with zero attached hydrogens (tertiary/aromatic N) is 4. The van der Waals surface area contributed by atoms with Gasteiger partial charge >= 0.3 is 18.4 Å². The van der Waals surface area contributed by atoms with Crippen molar-refractivity contribution in [2.75, 3.05) is 6.54 Å². The second-order valence-electron chi connectivity index (χ2n) is 10.0. The number of hydrogen-bond acceptors (Lipinski definition) is 6. The van der Waals surface area contributed by atoms with Gasteiger partial charge in [0.15, 0.2) is 11.9 Å². The van der Waals surface area contributed by atoms with E-state index in [0.717, 1.165) is 23.1 Å². The molecule has 0 aliphatic heterocycles. The molecule has 0 spiro atoms. The number of benzene rings is 2. The Kier molecular flexibility index (Phi) is 8.74. The van der Waals surface area contributed by atoms with Crippen molar-refractivity contribution in [3.63, 3.8) is 0 Å². The minimum absolute atomic E-state index is 0.00551. The summed E-state index contributed by atoms with van der Waals surface area (Å²) in [7, 11) is 0. The van der Waals surface area contributed by atoms with Crippen LogP contribution in [-0.2, 0) is 12.7 Å². The minimum atomic E-state index is -5.11. The maximum Gasteiger partial charge on any atom is 0.418 e. The van der Waals surface area contributed by atoms with Crippen LogP contribution in [0.2, 0.25) is 5.02 Å². The SMILES string of the molecule is CC1(NC(=O)c2cccc(C(F)(F)F)c2-n2cnc(CNC(=O)N(C[C@H](O)C(F)(F)F)C(=N)c3ccc(Cl)cc3)n2)CC1. The Morgan fingerprint density at radius 3 is 2.37 bits per heavy atom. The number of para-hydroxylation sites is 1. The molecule has 1 saturated carbocycles. The molecule has 0 unspecified atom stereocenters. The Labute approximate surface area is 245 Å². The molecule has 0 bridgehead atoms. The summed E-state index contributed by atoms with van der Waals surface area (Å²) < 4.78 is 81.7. The van der Waals surface area contributed by atoms with Crippen LogP contribution in [0.1, 0.15) is 47.1 Å². The van der Waals surface area contributed by atoms with E-state index in [1.165, 1.54) is 30.3 Å². The zero-order chi connectivity index (χ0) is 31.7. The van der Waals surface area contributed by atoms with E-state index in [2.05, 4.69) is 20.7 Å². The van der Waals surface area contributed by atoms with E-state index in [9.17, 15) is 41.0 Å². The standard InChI is InChI=1S/C26H24ClF6N7O3/c1-24(9-10-24)37-22(42)16-3-2-4-17(25(28,29)30)20(16)40-13-36-19(38-40)11-35-23(43)39(12-18(41)26(31,32)33)21(34)14-5-7-15(27)8-6-14/h2-8,13,18,34,41H,9-12H2,1H3,(H,35,43)(H,37,42)/t18-/m0/s1. The summed E-state index contributed by atoms with van der Waals surface area (Å²) >= 11 is 5.81. The number of amides is 3. The summed E-state index contributed by atoms with van der Waals surface area (Å²) in [6.45, 7) is -0.181. The highest BCUT2D eigenvalue weighted by molar-refractivity contribution is 6.30. The van der Waals surface area contributed by atoms with Crippen molar-refractivity contribution in [3.8, 4) is 5.69 Å². The maximum absolute atomic E-state index is 13.9. The van der Waals surface area contributed by atoms with Crippen molar-refractivity contribution < 1.29 is 41.0 Å². The van der Waals surface area contributed by atoms with Crippen LogP contribution in [0.25, 0.3) is 5.69 Å². The number of rotatable bonds is 8. The van der Waals surface area contributed by atoms with E-state index in [4.69, 9.17) is 17.0 Å². The molecule has 17 heteroatoms. The van der Waals surface area contributed by atoms with E-state index >= 15 is 0 Å². The molecular formula is C26H24ClF6N7O3. The molecule has 3 amide bonds. The highest BCUT2D eigenvalue weighted by atomic mass is 35.5. The Morgan fingerprint density at radius 1 is 1.14 bits per heavy atom. The normalized spacial score (nSPS) is 15.0. The molecule has 230 valence electrons. The van der Waals surface area contributed by atoms with E-state index in [1.807, 2.05) is 0 Å². The zero-order valence-corrected chi connectivity index (χ0v) is 23.0. The number of halogens is 7. The number of amidine groups is 1. The van der Waals surface area contributed by atoms with Crippen molar-refractivity contribution in [2.24, 2.45) is 0 Å². The molecule has 3 aromatic rings. The largest absolute Gasteiger partial charge is 0.418 e. The lowest BCUT2D eigenvalue weighted by molar-refractivity contribution is -0.204. The Balaban J connectivity index is 1.58. The fraction of sp³-hybridized carbons (Fsp3) is 0.346. The van der Waals surface area contributed by atoms with Gasteiger partial charge in [0.05, 0.1) is 29.9 Å². The molecule has 1 aromatic heterocycles. The molecule has 1 aliphatic carbocycles. The quantitative estimate of drug-likeness (QED) is 0.163. The van der Waals surface area contributed by atoms with Gasteiger partial charge in [-0.25, -0.2) is 14.5 Å². The predicted molar refractivity (Wildman–Crippen MR) is 141 cm³/mol. The fourth-order valence-electron chi connectivity index (χ4n) is 3.91. The topological polar surface area (TPSA) is 136 Å². The zero-order valence-electron chi connectivity index (χ0n) is 22.2. The molecule has 4 rings (SSSR count). The second-order valence-corrected chi connectivity index (χ2v) is 10.4. The van der Waals surface area contributed by atoms with Gasteiger partial charge in [-0.05, 0) is 56.2 Å². The number of aromatic nitrogens is 3. The van der Waals surface area contributed by atoms with Gasteiger partial charge < -0.3 is 15.7 Å². The molecule has 4 N–H and O–H groups in total. The van der Waals surface area contributed by atoms with Gasteiger partial charge in [-0.3, -0.25) is 15.1 Å². The Hall–Kier alpha value is -4.18. The molecule has 10 nitrogen and oxygen atoms in total. The first-order valence-corrected chi connectivity index (χ1v) is 12.9. The number of aliphatic hydroxyl groups excluding tert-OH is 1. The number of hydrogen-bond donors (Lipinski definition) is 4. The third-order valence-electron chi connectivity index (χ3n) is 6.53. The molecule has 0 saturated heterocycles. The molecule has 1 fully saturated rings. The first kappa shape index (κ1) is 31.7. The number of alkyl halides is 6.